The third-order valence-electron chi connectivity index (χ3n) is 4.09. The highest BCUT2D eigenvalue weighted by Gasteiger charge is 2.17. The second-order valence-corrected chi connectivity index (χ2v) is 5.43. The average molecular weight is 331 g/mol. The Morgan fingerprint density at radius 2 is 1.46 bits per heavy atom. The van der Waals surface area contributed by atoms with Gasteiger partial charge in [-0.3, -0.25) is 0 Å². The topological polar surface area (TPSA) is 62.9 Å². The molecule has 0 saturated heterocycles. The minimum Gasteiger partial charge on any atom is -0.497 e. The van der Waals surface area contributed by atoms with E-state index in [1.165, 1.54) is 0 Å². The molecule has 0 radical (unpaired) electrons. The van der Waals surface area contributed by atoms with Crippen LogP contribution >= 0.6 is 0 Å². The molecule has 0 amide bonds. The van der Waals surface area contributed by atoms with Crippen LogP contribution < -0.4 is 24.7 Å². The summed E-state index contributed by atoms with van der Waals surface area (Å²) in [5, 5.41) is 0. The molecule has 24 heavy (non-hydrogen) atoms. The Balaban J connectivity index is 2.33. The van der Waals surface area contributed by atoms with Gasteiger partial charge in [-0.1, -0.05) is 6.07 Å². The van der Waals surface area contributed by atoms with Crippen LogP contribution in [-0.4, -0.2) is 35.0 Å². The summed E-state index contributed by atoms with van der Waals surface area (Å²) in [6.07, 6.45) is 0.764. The highest BCUT2D eigenvalue weighted by Crippen LogP contribution is 2.34. The lowest BCUT2D eigenvalue weighted by atomic mass is 9.91. The minimum absolute atomic E-state index is 0.105. The number of nitrogens with two attached hydrogens (primary N) is 1. The Bertz CT molecular complexity index is 672. The molecule has 0 aromatic heterocycles. The van der Waals surface area contributed by atoms with Crippen molar-refractivity contribution in [1.82, 2.24) is 0 Å². The van der Waals surface area contributed by atoms with Crippen LogP contribution in [0.25, 0.3) is 0 Å². The van der Waals surface area contributed by atoms with Gasteiger partial charge in [-0.05, 0) is 48.9 Å². The largest absolute Gasteiger partial charge is 0.497 e. The smallest absolute Gasteiger partial charge is 0.160 e. The van der Waals surface area contributed by atoms with Crippen molar-refractivity contribution in [2.45, 2.75) is 12.3 Å². The summed E-state index contributed by atoms with van der Waals surface area (Å²) in [4.78, 5) is 0. The van der Waals surface area contributed by atoms with Crippen molar-refractivity contribution in [3.8, 4) is 23.0 Å². The van der Waals surface area contributed by atoms with Gasteiger partial charge in [0.25, 0.3) is 0 Å². The highest BCUT2D eigenvalue weighted by molar-refractivity contribution is 5.46. The van der Waals surface area contributed by atoms with E-state index in [2.05, 4.69) is 0 Å². The van der Waals surface area contributed by atoms with Gasteiger partial charge in [-0.2, -0.15) is 0 Å². The SMILES string of the molecule is COc1ccc(OC)c(C(CN)Cc2ccc(OC)c(OC)c2)c1. The first-order valence-corrected chi connectivity index (χ1v) is 7.79. The Morgan fingerprint density at radius 3 is 2.04 bits per heavy atom. The summed E-state index contributed by atoms with van der Waals surface area (Å²) in [6.45, 7) is 0.498. The zero-order valence-corrected chi connectivity index (χ0v) is 14.7. The molecular formula is C19H25NO4. The molecule has 1 unspecified atom stereocenters. The first kappa shape index (κ1) is 17.9. The standard InChI is InChI=1S/C19H25NO4/c1-21-15-6-8-17(22-2)16(11-15)14(12-20)9-13-5-7-18(23-3)19(10-13)24-4/h5-8,10-11,14H,9,12,20H2,1-4H3. The van der Waals surface area contributed by atoms with E-state index in [9.17, 15) is 0 Å². The van der Waals surface area contributed by atoms with Gasteiger partial charge in [-0.25, -0.2) is 0 Å². The molecule has 0 fully saturated rings. The van der Waals surface area contributed by atoms with E-state index in [0.717, 1.165) is 29.0 Å². The van der Waals surface area contributed by atoms with Crippen molar-refractivity contribution < 1.29 is 18.9 Å². The van der Waals surface area contributed by atoms with Crippen molar-refractivity contribution in [3.63, 3.8) is 0 Å². The molecule has 2 aromatic rings. The maximum Gasteiger partial charge on any atom is 0.160 e. The van der Waals surface area contributed by atoms with Gasteiger partial charge in [0.1, 0.15) is 11.5 Å². The lowest BCUT2D eigenvalue weighted by Crippen LogP contribution is -2.16. The van der Waals surface area contributed by atoms with E-state index < -0.39 is 0 Å². The van der Waals surface area contributed by atoms with Crippen molar-refractivity contribution in [2.24, 2.45) is 5.73 Å². The Morgan fingerprint density at radius 1 is 0.792 bits per heavy atom. The maximum absolute atomic E-state index is 6.04. The van der Waals surface area contributed by atoms with Crippen molar-refractivity contribution in [1.29, 1.82) is 0 Å². The Kier molecular flexibility index (Phi) is 6.32. The van der Waals surface area contributed by atoms with Crippen LogP contribution in [0.1, 0.15) is 17.0 Å². The molecule has 1 atom stereocenters. The molecule has 0 aliphatic heterocycles. The lowest BCUT2D eigenvalue weighted by Gasteiger charge is -2.20. The van der Waals surface area contributed by atoms with E-state index in [1.54, 1.807) is 28.4 Å². The van der Waals surface area contributed by atoms with Gasteiger partial charge < -0.3 is 24.7 Å². The number of benzene rings is 2. The quantitative estimate of drug-likeness (QED) is 0.805. The summed E-state index contributed by atoms with van der Waals surface area (Å²) < 4.78 is 21.5. The molecule has 5 nitrogen and oxygen atoms in total. The van der Waals surface area contributed by atoms with Gasteiger partial charge in [0.15, 0.2) is 11.5 Å². The maximum atomic E-state index is 6.04. The van der Waals surface area contributed by atoms with Gasteiger partial charge >= 0.3 is 0 Å². The Labute approximate surface area is 143 Å². The zero-order chi connectivity index (χ0) is 17.5. The molecular weight excluding hydrogens is 306 g/mol. The molecule has 2 N–H and O–H groups in total. The molecule has 0 aliphatic rings. The summed E-state index contributed by atoms with van der Waals surface area (Å²) in [5.74, 6) is 3.13. The van der Waals surface area contributed by atoms with Crippen LogP contribution in [0.4, 0.5) is 0 Å². The second kappa shape index (κ2) is 8.45. The fraction of sp³-hybridized carbons (Fsp3) is 0.368. The first-order valence-electron chi connectivity index (χ1n) is 7.79. The number of hydrogen-bond acceptors (Lipinski definition) is 5. The van der Waals surface area contributed by atoms with Crippen LogP contribution in [0.15, 0.2) is 36.4 Å². The van der Waals surface area contributed by atoms with E-state index in [4.69, 9.17) is 24.7 Å². The fourth-order valence-corrected chi connectivity index (χ4v) is 2.77. The monoisotopic (exact) mass is 331 g/mol. The van der Waals surface area contributed by atoms with E-state index in [0.29, 0.717) is 18.0 Å². The Hall–Kier alpha value is -2.40. The van der Waals surface area contributed by atoms with Crippen LogP contribution in [0.2, 0.25) is 0 Å². The third-order valence-corrected chi connectivity index (χ3v) is 4.09. The van der Waals surface area contributed by atoms with Crippen molar-refractivity contribution in [3.05, 3.63) is 47.5 Å². The normalized spacial score (nSPS) is 11.7. The molecule has 0 bridgehead atoms. The third kappa shape index (κ3) is 3.92. The van der Waals surface area contributed by atoms with Crippen molar-refractivity contribution >= 4 is 0 Å². The van der Waals surface area contributed by atoms with Gasteiger partial charge in [0.05, 0.1) is 28.4 Å². The van der Waals surface area contributed by atoms with Crippen LogP contribution in [0, 0.1) is 0 Å². The second-order valence-electron chi connectivity index (χ2n) is 5.43. The predicted molar refractivity (Wildman–Crippen MR) is 94.6 cm³/mol. The van der Waals surface area contributed by atoms with E-state index in [1.807, 2.05) is 36.4 Å². The molecule has 2 rings (SSSR count). The van der Waals surface area contributed by atoms with Crippen molar-refractivity contribution in [2.75, 3.05) is 35.0 Å². The molecule has 2 aromatic carbocycles. The zero-order valence-electron chi connectivity index (χ0n) is 14.7. The van der Waals surface area contributed by atoms with E-state index in [-0.39, 0.29) is 5.92 Å². The van der Waals surface area contributed by atoms with Crippen LogP contribution in [0.5, 0.6) is 23.0 Å². The molecule has 130 valence electrons. The molecule has 0 aliphatic carbocycles. The number of ether oxygens (including phenoxy) is 4. The van der Waals surface area contributed by atoms with E-state index >= 15 is 0 Å². The summed E-state index contributed by atoms with van der Waals surface area (Å²) in [5.41, 5.74) is 8.20. The summed E-state index contributed by atoms with van der Waals surface area (Å²) in [6, 6.07) is 11.7. The molecule has 0 saturated carbocycles. The molecule has 5 heteroatoms. The van der Waals surface area contributed by atoms with Crippen LogP contribution in [0.3, 0.4) is 0 Å². The average Bonchev–Trinajstić information content (AvgIpc) is 2.65. The number of rotatable bonds is 8. The highest BCUT2D eigenvalue weighted by atomic mass is 16.5. The number of hydrogen-bond donors (Lipinski definition) is 1. The minimum atomic E-state index is 0.105. The molecule has 0 heterocycles. The van der Waals surface area contributed by atoms with Crippen LogP contribution in [-0.2, 0) is 6.42 Å². The molecule has 0 spiro atoms. The van der Waals surface area contributed by atoms with Gasteiger partial charge in [-0.15, -0.1) is 0 Å². The summed E-state index contributed by atoms with van der Waals surface area (Å²) in [7, 11) is 6.57. The van der Waals surface area contributed by atoms with Gasteiger partial charge in [0.2, 0.25) is 0 Å². The number of methoxy groups -OCH3 is 4. The first-order chi connectivity index (χ1) is 11.7. The predicted octanol–water partition coefficient (Wildman–Crippen LogP) is 3.01. The lowest BCUT2D eigenvalue weighted by molar-refractivity contribution is 0.354. The van der Waals surface area contributed by atoms with Gasteiger partial charge in [0, 0.05) is 11.5 Å². The summed E-state index contributed by atoms with van der Waals surface area (Å²) >= 11 is 0. The fourth-order valence-electron chi connectivity index (χ4n) is 2.77.